The molecule has 0 N–H and O–H groups in total. The lowest BCUT2D eigenvalue weighted by molar-refractivity contribution is 0.159. The molecule has 2 aromatic rings. The molecule has 1 aliphatic heterocycles. The summed E-state index contributed by atoms with van der Waals surface area (Å²) in [6.07, 6.45) is 2.03. The van der Waals surface area contributed by atoms with E-state index < -0.39 is 0 Å². The van der Waals surface area contributed by atoms with E-state index in [2.05, 4.69) is 48.6 Å². The molecule has 1 aromatic carbocycles. The van der Waals surface area contributed by atoms with Gasteiger partial charge in [-0.2, -0.15) is 0 Å². The number of rotatable bonds is 3. The zero-order valence-electron chi connectivity index (χ0n) is 13.1. The van der Waals surface area contributed by atoms with Crippen LogP contribution in [0.2, 0.25) is 0 Å². The van der Waals surface area contributed by atoms with Gasteiger partial charge in [-0.05, 0) is 50.6 Å². The predicted molar refractivity (Wildman–Crippen MR) is 89.2 cm³/mol. The van der Waals surface area contributed by atoms with Crippen LogP contribution < -0.4 is 0 Å². The predicted octanol–water partition coefficient (Wildman–Crippen LogP) is 3.64. The number of benzene rings is 1. The number of hydrogen-bond acceptors (Lipinski definition) is 2. The van der Waals surface area contributed by atoms with Crippen molar-refractivity contribution >= 4 is 22.6 Å². The fourth-order valence-electron chi connectivity index (χ4n) is 3.61. The van der Waals surface area contributed by atoms with Crippen molar-refractivity contribution in [3.8, 4) is 0 Å². The molecule has 0 aliphatic carbocycles. The van der Waals surface area contributed by atoms with Crippen molar-refractivity contribution in [3.63, 3.8) is 0 Å². The van der Waals surface area contributed by atoms with Crippen molar-refractivity contribution in [1.82, 2.24) is 14.5 Å². The molecule has 3 nitrogen and oxygen atoms in total. The van der Waals surface area contributed by atoms with Gasteiger partial charge in [-0.3, -0.25) is 0 Å². The van der Waals surface area contributed by atoms with Gasteiger partial charge in [0, 0.05) is 24.9 Å². The van der Waals surface area contributed by atoms with Gasteiger partial charge in [-0.25, -0.2) is 4.98 Å². The molecule has 1 saturated heterocycles. The van der Waals surface area contributed by atoms with Gasteiger partial charge in [-0.1, -0.05) is 13.0 Å². The van der Waals surface area contributed by atoms with E-state index in [1.807, 2.05) is 0 Å². The number of imidazole rings is 1. The smallest absolute Gasteiger partial charge is 0.111 e. The van der Waals surface area contributed by atoms with Gasteiger partial charge < -0.3 is 9.47 Å². The van der Waals surface area contributed by atoms with Crippen molar-refractivity contribution in [2.75, 3.05) is 26.0 Å². The molecule has 114 valence electrons. The highest BCUT2D eigenvalue weighted by Gasteiger charge is 2.28. The molecule has 1 fully saturated rings. The fraction of sp³-hybridized carbons (Fsp3) is 0.588. The summed E-state index contributed by atoms with van der Waals surface area (Å²) < 4.78 is 2.47. The Kier molecular flexibility index (Phi) is 4.23. The molecule has 2 heterocycles. The highest BCUT2D eigenvalue weighted by molar-refractivity contribution is 6.17. The third-order valence-electron chi connectivity index (χ3n) is 4.63. The zero-order valence-corrected chi connectivity index (χ0v) is 13.9. The average Bonchev–Trinajstić information content (AvgIpc) is 2.77. The Morgan fingerprint density at radius 1 is 1.38 bits per heavy atom. The number of fused-ring (bicyclic) bond motifs is 1. The molecule has 2 atom stereocenters. The molecule has 0 spiro atoms. The standard InChI is InChI=1S/C17H24ClN3/c1-12-4-5-14-16(10-12)21(17(19-14)6-8-18)15-7-9-20(3)11-13(15)2/h4-5,10,13,15H,6-9,11H2,1-3H3. The second kappa shape index (κ2) is 5.98. The normalized spacial score (nSPS) is 23.8. The van der Waals surface area contributed by atoms with Gasteiger partial charge in [0.15, 0.2) is 0 Å². The topological polar surface area (TPSA) is 21.1 Å². The van der Waals surface area contributed by atoms with Crippen LogP contribution in [0.4, 0.5) is 0 Å². The quantitative estimate of drug-likeness (QED) is 0.807. The summed E-state index contributed by atoms with van der Waals surface area (Å²) in [6.45, 7) is 6.81. The molecule has 1 aliphatic rings. The third-order valence-corrected chi connectivity index (χ3v) is 4.82. The molecular formula is C17H24ClN3. The SMILES string of the molecule is Cc1ccc2nc(CCCl)n(C3CCN(C)CC3C)c2c1. The van der Waals surface area contributed by atoms with Crippen LogP contribution in [0.5, 0.6) is 0 Å². The number of alkyl halides is 1. The summed E-state index contributed by atoms with van der Waals surface area (Å²) in [5, 5.41) is 0. The molecule has 3 rings (SSSR count). The maximum absolute atomic E-state index is 6.00. The minimum absolute atomic E-state index is 0.534. The Labute approximate surface area is 131 Å². The number of aryl methyl sites for hydroxylation is 2. The van der Waals surface area contributed by atoms with E-state index in [0.29, 0.717) is 17.8 Å². The molecular weight excluding hydrogens is 282 g/mol. The van der Waals surface area contributed by atoms with Crippen molar-refractivity contribution < 1.29 is 0 Å². The van der Waals surface area contributed by atoms with Crippen LogP contribution in [0, 0.1) is 12.8 Å². The van der Waals surface area contributed by atoms with E-state index in [-0.39, 0.29) is 0 Å². The lowest BCUT2D eigenvalue weighted by Gasteiger charge is -2.36. The lowest BCUT2D eigenvalue weighted by atomic mass is 9.93. The van der Waals surface area contributed by atoms with Gasteiger partial charge in [0.25, 0.3) is 0 Å². The van der Waals surface area contributed by atoms with Crippen molar-refractivity contribution in [2.24, 2.45) is 5.92 Å². The highest BCUT2D eigenvalue weighted by Crippen LogP contribution is 2.32. The monoisotopic (exact) mass is 305 g/mol. The van der Waals surface area contributed by atoms with Gasteiger partial charge in [-0.15, -0.1) is 11.6 Å². The first-order chi connectivity index (χ1) is 10.1. The van der Waals surface area contributed by atoms with Crippen LogP contribution in [-0.4, -0.2) is 40.5 Å². The summed E-state index contributed by atoms with van der Waals surface area (Å²) >= 11 is 6.00. The number of nitrogens with zero attached hydrogens (tertiary/aromatic N) is 3. The Morgan fingerprint density at radius 3 is 2.90 bits per heavy atom. The summed E-state index contributed by atoms with van der Waals surface area (Å²) in [4.78, 5) is 7.26. The van der Waals surface area contributed by atoms with Gasteiger partial charge in [0.1, 0.15) is 5.82 Å². The Morgan fingerprint density at radius 2 is 2.19 bits per heavy atom. The van der Waals surface area contributed by atoms with Crippen molar-refractivity contribution in [1.29, 1.82) is 0 Å². The Hall–Kier alpha value is -1.06. The summed E-state index contributed by atoms with van der Waals surface area (Å²) in [7, 11) is 2.21. The minimum Gasteiger partial charge on any atom is -0.324 e. The molecule has 0 radical (unpaired) electrons. The van der Waals surface area contributed by atoms with E-state index in [0.717, 1.165) is 30.9 Å². The third kappa shape index (κ3) is 2.82. The first-order valence-electron chi connectivity index (χ1n) is 7.82. The summed E-state index contributed by atoms with van der Waals surface area (Å²) in [5.74, 6) is 2.41. The molecule has 0 bridgehead atoms. The largest absolute Gasteiger partial charge is 0.324 e. The van der Waals surface area contributed by atoms with E-state index in [1.165, 1.54) is 17.5 Å². The van der Waals surface area contributed by atoms with E-state index in [4.69, 9.17) is 16.6 Å². The van der Waals surface area contributed by atoms with Crippen LogP contribution in [0.25, 0.3) is 11.0 Å². The molecule has 4 heteroatoms. The maximum atomic E-state index is 6.00. The van der Waals surface area contributed by atoms with Gasteiger partial charge in [0.05, 0.1) is 11.0 Å². The average molecular weight is 306 g/mol. The number of likely N-dealkylation sites (tertiary alicyclic amines) is 1. The number of halogens is 1. The molecule has 0 amide bonds. The fourth-order valence-corrected chi connectivity index (χ4v) is 3.78. The van der Waals surface area contributed by atoms with Crippen LogP contribution in [0.1, 0.15) is 30.8 Å². The summed E-state index contributed by atoms with van der Waals surface area (Å²) in [5.41, 5.74) is 3.67. The van der Waals surface area contributed by atoms with Crippen molar-refractivity contribution in [3.05, 3.63) is 29.6 Å². The van der Waals surface area contributed by atoms with Crippen LogP contribution in [0.3, 0.4) is 0 Å². The number of hydrogen-bond donors (Lipinski definition) is 0. The minimum atomic E-state index is 0.534. The van der Waals surface area contributed by atoms with Gasteiger partial charge >= 0.3 is 0 Å². The van der Waals surface area contributed by atoms with Crippen LogP contribution >= 0.6 is 11.6 Å². The molecule has 21 heavy (non-hydrogen) atoms. The van der Waals surface area contributed by atoms with Gasteiger partial charge in [0.2, 0.25) is 0 Å². The molecule has 1 aromatic heterocycles. The maximum Gasteiger partial charge on any atom is 0.111 e. The Bertz CT molecular complexity index is 634. The lowest BCUT2D eigenvalue weighted by Crippen LogP contribution is -2.38. The van der Waals surface area contributed by atoms with Crippen LogP contribution in [-0.2, 0) is 6.42 Å². The Balaban J connectivity index is 2.10. The zero-order chi connectivity index (χ0) is 15.0. The molecule has 2 unspecified atom stereocenters. The van der Waals surface area contributed by atoms with Crippen LogP contribution in [0.15, 0.2) is 18.2 Å². The molecule has 0 saturated carbocycles. The number of piperidine rings is 1. The van der Waals surface area contributed by atoms with Crippen molar-refractivity contribution in [2.45, 2.75) is 32.7 Å². The number of aromatic nitrogens is 2. The second-order valence-corrected chi connectivity index (χ2v) is 6.80. The van der Waals surface area contributed by atoms with E-state index >= 15 is 0 Å². The summed E-state index contributed by atoms with van der Waals surface area (Å²) in [6, 6.07) is 7.08. The first-order valence-corrected chi connectivity index (χ1v) is 8.35. The second-order valence-electron chi connectivity index (χ2n) is 6.42. The van der Waals surface area contributed by atoms with E-state index in [9.17, 15) is 0 Å². The van der Waals surface area contributed by atoms with E-state index in [1.54, 1.807) is 0 Å². The first kappa shape index (κ1) is 14.9. The highest BCUT2D eigenvalue weighted by atomic mass is 35.5.